The van der Waals surface area contributed by atoms with Gasteiger partial charge in [-0.3, -0.25) is 0 Å². The third-order valence-corrected chi connectivity index (χ3v) is 3.02. The van der Waals surface area contributed by atoms with Crippen LogP contribution >= 0.6 is 23.2 Å². The van der Waals surface area contributed by atoms with Gasteiger partial charge in [0.15, 0.2) is 5.22 Å². The van der Waals surface area contributed by atoms with E-state index in [1.807, 2.05) is 0 Å². The van der Waals surface area contributed by atoms with Crippen molar-refractivity contribution in [1.29, 1.82) is 0 Å². The molecular weight excluding hydrogens is 275 g/mol. The maximum absolute atomic E-state index is 10.0. The smallest absolute Gasteiger partial charge is 0.193 e. The second-order valence-electron chi connectivity index (χ2n) is 3.82. The first-order chi connectivity index (χ1) is 8.60. The van der Waals surface area contributed by atoms with Crippen molar-refractivity contribution >= 4 is 23.2 Å². The van der Waals surface area contributed by atoms with E-state index in [0.29, 0.717) is 23.0 Å². The summed E-state index contributed by atoms with van der Waals surface area (Å²) in [7, 11) is 1.57. The van der Waals surface area contributed by atoms with Crippen LogP contribution in [-0.2, 0) is 6.42 Å². The molecule has 0 aliphatic carbocycles. The van der Waals surface area contributed by atoms with Crippen molar-refractivity contribution in [3.8, 4) is 5.75 Å². The lowest BCUT2D eigenvalue weighted by molar-refractivity contribution is 0.149. The van der Waals surface area contributed by atoms with E-state index in [9.17, 15) is 5.11 Å². The van der Waals surface area contributed by atoms with Crippen LogP contribution in [0.2, 0.25) is 10.2 Å². The Bertz CT molecular complexity index is 537. The Labute approximate surface area is 115 Å². The molecule has 1 unspecified atom stereocenters. The largest absolute Gasteiger partial charge is 0.496 e. The van der Waals surface area contributed by atoms with Crippen LogP contribution < -0.4 is 4.74 Å². The zero-order chi connectivity index (χ0) is 13.1. The molecule has 1 aromatic heterocycles. The summed E-state index contributed by atoms with van der Waals surface area (Å²) in [6, 6.07) is 8.49. The Kier molecular flexibility index (Phi) is 4.17. The van der Waals surface area contributed by atoms with Crippen molar-refractivity contribution in [3.05, 3.63) is 51.9 Å². The third kappa shape index (κ3) is 2.99. The maximum atomic E-state index is 10.0. The summed E-state index contributed by atoms with van der Waals surface area (Å²) in [6.07, 6.45) is -0.446. The lowest BCUT2D eigenvalue weighted by Gasteiger charge is -2.12. The molecule has 2 rings (SSSR count). The SMILES string of the molecule is COc1ccc(Cl)cc1CC(O)c1ccc(Cl)o1. The van der Waals surface area contributed by atoms with Gasteiger partial charge >= 0.3 is 0 Å². The number of halogens is 2. The average Bonchev–Trinajstić information content (AvgIpc) is 2.76. The molecule has 0 amide bonds. The van der Waals surface area contributed by atoms with Crippen molar-refractivity contribution < 1.29 is 14.3 Å². The lowest BCUT2D eigenvalue weighted by atomic mass is 10.1. The van der Waals surface area contributed by atoms with Crippen molar-refractivity contribution in [3.63, 3.8) is 0 Å². The van der Waals surface area contributed by atoms with Gasteiger partial charge in [0.2, 0.25) is 0 Å². The highest BCUT2D eigenvalue weighted by Gasteiger charge is 2.15. The Morgan fingerprint density at radius 2 is 2.06 bits per heavy atom. The van der Waals surface area contributed by atoms with Crippen molar-refractivity contribution in [2.75, 3.05) is 7.11 Å². The zero-order valence-electron chi connectivity index (χ0n) is 9.69. The molecule has 0 spiro atoms. The van der Waals surface area contributed by atoms with Gasteiger partial charge in [-0.15, -0.1) is 0 Å². The van der Waals surface area contributed by atoms with Gasteiger partial charge in [0.05, 0.1) is 7.11 Å². The summed E-state index contributed by atoms with van der Waals surface area (Å²) >= 11 is 11.6. The first kappa shape index (κ1) is 13.3. The van der Waals surface area contributed by atoms with Gasteiger partial charge in [0.25, 0.3) is 0 Å². The first-order valence-corrected chi connectivity index (χ1v) is 6.11. The predicted octanol–water partition coefficient (Wildman–Crippen LogP) is 3.87. The molecule has 5 heteroatoms. The number of aliphatic hydroxyl groups is 1. The fourth-order valence-corrected chi connectivity index (χ4v) is 2.07. The van der Waals surface area contributed by atoms with Crippen LogP contribution in [0.1, 0.15) is 17.4 Å². The molecule has 0 fully saturated rings. The fraction of sp³-hybridized carbons (Fsp3) is 0.231. The van der Waals surface area contributed by atoms with Gasteiger partial charge < -0.3 is 14.3 Å². The Morgan fingerprint density at radius 1 is 1.28 bits per heavy atom. The molecule has 2 aromatic rings. The highest BCUT2D eigenvalue weighted by molar-refractivity contribution is 6.30. The van der Waals surface area contributed by atoms with Crippen LogP contribution in [0.3, 0.4) is 0 Å². The number of furan rings is 1. The molecule has 1 N–H and O–H groups in total. The third-order valence-electron chi connectivity index (χ3n) is 2.58. The quantitative estimate of drug-likeness (QED) is 0.928. The van der Waals surface area contributed by atoms with Crippen molar-refractivity contribution in [2.24, 2.45) is 0 Å². The molecule has 0 saturated heterocycles. The van der Waals surface area contributed by atoms with E-state index in [-0.39, 0.29) is 5.22 Å². The molecule has 0 saturated carbocycles. The highest BCUT2D eigenvalue weighted by atomic mass is 35.5. The maximum Gasteiger partial charge on any atom is 0.193 e. The molecule has 0 aliphatic rings. The second-order valence-corrected chi connectivity index (χ2v) is 4.63. The van der Waals surface area contributed by atoms with E-state index in [1.165, 1.54) is 0 Å². The van der Waals surface area contributed by atoms with Crippen molar-refractivity contribution in [1.82, 2.24) is 0 Å². The molecular formula is C13H12Cl2O3. The highest BCUT2D eigenvalue weighted by Crippen LogP contribution is 2.29. The van der Waals surface area contributed by atoms with E-state index in [2.05, 4.69) is 0 Å². The summed E-state index contributed by atoms with van der Waals surface area (Å²) in [6.45, 7) is 0. The number of aliphatic hydroxyl groups excluding tert-OH is 1. The molecule has 96 valence electrons. The van der Waals surface area contributed by atoms with Gasteiger partial charge in [0, 0.05) is 11.4 Å². The normalized spacial score (nSPS) is 12.4. The number of rotatable bonds is 4. The lowest BCUT2D eigenvalue weighted by Crippen LogP contribution is -2.02. The summed E-state index contributed by atoms with van der Waals surface area (Å²) in [5.74, 6) is 1.10. The Balaban J connectivity index is 2.20. The van der Waals surface area contributed by atoms with Gasteiger partial charge in [-0.05, 0) is 47.5 Å². The minimum Gasteiger partial charge on any atom is -0.496 e. The monoisotopic (exact) mass is 286 g/mol. The van der Waals surface area contributed by atoms with Gasteiger partial charge in [-0.1, -0.05) is 11.6 Å². The number of methoxy groups -OCH3 is 1. The van der Waals surface area contributed by atoms with E-state index < -0.39 is 6.10 Å². The van der Waals surface area contributed by atoms with Crippen LogP contribution in [0.5, 0.6) is 5.75 Å². The van der Waals surface area contributed by atoms with Crippen LogP contribution in [0.15, 0.2) is 34.7 Å². The molecule has 0 aliphatic heterocycles. The standard InChI is InChI=1S/C13H12Cl2O3/c1-17-11-3-2-9(14)6-8(11)7-10(16)12-4-5-13(15)18-12/h2-6,10,16H,7H2,1H3. The van der Waals surface area contributed by atoms with E-state index >= 15 is 0 Å². The summed E-state index contributed by atoms with van der Waals surface area (Å²) < 4.78 is 10.4. The molecule has 0 bridgehead atoms. The topological polar surface area (TPSA) is 42.6 Å². The Morgan fingerprint density at radius 3 is 2.67 bits per heavy atom. The molecule has 3 nitrogen and oxygen atoms in total. The molecule has 1 aromatic carbocycles. The summed E-state index contributed by atoms with van der Waals surface area (Å²) in [5.41, 5.74) is 0.810. The minimum atomic E-state index is -0.787. The zero-order valence-corrected chi connectivity index (χ0v) is 11.2. The van der Waals surface area contributed by atoms with E-state index in [0.717, 1.165) is 5.56 Å². The van der Waals surface area contributed by atoms with E-state index in [4.69, 9.17) is 32.4 Å². The fourth-order valence-electron chi connectivity index (χ4n) is 1.72. The van der Waals surface area contributed by atoms with Crippen LogP contribution in [0, 0.1) is 0 Å². The van der Waals surface area contributed by atoms with Crippen LogP contribution in [-0.4, -0.2) is 12.2 Å². The molecule has 1 heterocycles. The number of hydrogen-bond acceptors (Lipinski definition) is 3. The Hall–Kier alpha value is -1.16. The average molecular weight is 287 g/mol. The predicted molar refractivity (Wildman–Crippen MR) is 70.4 cm³/mol. The van der Waals surface area contributed by atoms with Gasteiger partial charge in [-0.2, -0.15) is 0 Å². The first-order valence-electron chi connectivity index (χ1n) is 5.36. The van der Waals surface area contributed by atoms with Gasteiger partial charge in [-0.25, -0.2) is 0 Å². The van der Waals surface area contributed by atoms with Crippen LogP contribution in [0.25, 0.3) is 0 Å². The van der Waals surface area contributed by atoms with Gasteiger partial charge in [0.1, 0.15) is 17.6 Å². The summed E-state index contributed by atoms with van der Waals surface area (Å²) in [4.78, 5) is 0. The molecule has 1 atom stereocenters. The van der Waals surface area contributed by atoms with Crippen LogP contribution in [0.4, 0.5) is 0 Å². The van der Waals surface area contributed by atoms with Crippen molar-refractivity contribution in [2.45, 2.75) is 12.5 Å². The number of hydrogen-bond donors (Lipinski definition) is 1. The number of ether oxygens (including phenoxy) is 1. The van der Waals surface area contributed by atoms with E-state index in [1.54, 1.807) is 37.4 Å². The molecule has 0 radical (unpaired) electrons. The minimum absolute atomic E-state index is 0.252. The number of benzene rings is 1. The second kappa shape index (κ2) is 5.65. The molecule has 18 heavy (non-hydrogen) atoms. The summed E-state index contributed by atoms with van der Waals surface area (Å²) in [5, 5.41) is 10.9.